The molecule has 14 heteroatoms. The molecule has 0 bridgehead atoms. The van der Waals surface area contributed by atoms with Crippen LogP contribution in [0.15, 0.2) is 91.0 Å². The summed E-state index contributed by atoms with van der Waals surface area (Å²) >= 11 is 0. The Morgan fingerprint density at radius 1 is 0.596 bits per heavy atom. The molecular weight excluding hydrogens is 666 g/mol. The van der Waals surface area contributed by atoms with Crippen molar-refractivity contribution in [1.29, 1.82) is 0 Å². The molecule has 1 aliphatic heterocycles. The molecule has 0 saturated carbocycles. The van der Waals surface area contributed by atoms with Crippen molar-refractivity contribution >= 4 is 41.4 Å². The number of carbonyl (C=O) groups is 7. The summed E-state index contributed by atoms with van der Waals surface area (Å²) in [5, 5.41) is 10.5. The topological polar surface area (TPSA) is 200 Å². The molecule has 7 amide bonds. The Labute approximate surface area is 302 Å². The summed E-state index contributed by atoms with van der Waals surface area (Å²) in [5.74, 6) is -4.66. The van der Waals surface area contributed by atoms with Crippen LogP contribution >= 0.6 is 0 Å². The highest BCUT2D eigenvalue weighted by molar-refractivity contribution is 5.97. The third-order valence-electron chi connectivity index (χ3n) is 8.85. The summed E-state index contributed by atoms with van der Waals surface area (Å²) in [4.78, 5) is 96.3. The van der Waals surface area contributed by atoms with Crippen molar-refractivity contribution in [2.45, 2.75) is 56.3 Å². The molecule has 14 nitrogen and oxygen atoms in total. The monoisotopic (exact) mass is 711 g/mol. The van der Waals surface area contributed by atoms with Crippen molar-refractivity contribution in [2.75, 3.05) is 27.2 Å². The van der Waals surface area contributed by atoms with E-state index < -0.39 is 78.6 Å². The normalized spacial score (nSPS) is 21.3. The first kappa shape index (κ1) is 38.7. The van der Waals surface area contributed by atoms with Crippen molar-refractivity contribution in [3.05, 3.63) is 108 Å². The minimum Gasteiger partial charge on any atom is -0.370 e. The zero-order chi connectivity index (χ0) is 37.6. The second kappa shape index (κ2) is 18.8. The van der Waals surface area contributed by atoms with Crippen molar-refractivity contribution in [3.8, 4) is 0 Å². The molecule has 1 aliphatic rings. The molecule has 0 unspecified atom stereocenters. The van der Waals surface area contributed by atoms with E-state index in [0.717, 1.165) is 21.6 Å². The fraction of sp³-hybridized carbons (Fsp3) is 0.342. The molecule has 0 radical (unpaired) electrons. The van der Waals surface area contributed by atoms with Crippen LogP contribution in [0.2, 0.25) is 0 Å². The maximum atomic E-state index is 14.2. The number of nitrogens with two attached hydrogens (primary N) is 1. The lowest BCUT2D eigenvalue weighted by molar-refractivity contribution is -0.143. The molecular formula is C38H45N7O7. The third kappa shape index (κ3) is 11.2. The average molecular weight is 712 g/mol. The summed E-state index contributed by atoms with van der Waals surface area (Å²) in [6, 6.07) is 22.3. The molecule has 3 aromatic carbocycles. The standard InChI is InChI=1S/C38H45N7O7/c1-44-30(21-26-14-8-4-9-15-26)35(49)41-24-34(48)43-29(20-25-12-6-3-7-13-25)38(52)45(2)31(22-27-16-10-5-11-17-27)36(50)40-23-33(47)42-28(37(44)51)18-19-32(39)46/h3-17,28-31H,18-24H2,1-2H3,(H2,39,46)(H,40,50)(H,41,49)(H,42,47)(H,43,48)/t28-,29-,30-,31-/m0/s1. The largest absolute Gasteiger partial charge is 0.370 e. The van der Waals surface area contributed by atoms with Crippen LogP contribution in [-0.2, 0) is 52.8 Å². The number of hydrogen-bond acceptors (Lipinski definition) is 7. The Morgan fingerprint density at radius 2 is 0.962 bits per heavy atom. The predicted octanol–water partition coefficient (Wildman–Crippen LogP) is -0.150. The van der Waals surface area contributed by atoms with Gasteiger partial charge in [-0.25, -0.2) is 0 Å². The van der Waals surface area contributed by atoms with Gasteiger partial charge >= 0.3 is 0 Å². The lowest BCUT2D eigenvalue weighted by Crippen LogP contribution is -2.59. The third-order valence-corrected chi connectivity index (χ3v) is 8.85. The van der Waals surface area contributed by atoms with E-state index in [4.69, 9.17) is 5.73 Å². The summed E-state index contributed by atoms with van der Waals surface area (Å²) in [5.41, 5.74) is 7.57. The minimum atomic E-state index is -1.28. The van der Waals surface area contributed by atoms with Gasteiger partial charge in [-0.05, 0) is 23.1 Å². The Balaban J connectivity index is 1.70. The lowest BCUT2D eigenvalue weighted by atomic mass is 10.0. The number of benzene rings is 3. The summed E-state index contributed by atoms with van der Waals surface area (Å²) in [7, 11) is 2.83. The fourth-order valence-electron chi connectivity index (χ4n) is 5.94. The van der Waals surface area contributed by atoms with Gasteiger partial charge < -0.3 is 36.8 Å². The van der Waals surface area contributed by atoms with E-state index in [1.54, 1.807) is 78.9 Å². The number of nitrogens with zero attached hydrogens (tertiary/aromatic N) is 2. The zero-order valence-electron chi connectivity index (χ0n) is 29.2. The summed E-state index contributed by atoms with van der Waals surface area (Å²) < 4.78 is 0. The first-order valence-electron chi connectivity index (χ1n) is 17.0. The molecule has 4 rings (SSSR count). The number of hydrogen-bond donors (Lipinski definition) is 5. The highest BCUT2D eigenvalue weighted by atomic mass is 16.2. The van der Waals surface area contributed by atoms with Crippen LogP contribution in [0.25, 0.3) is 0 Å². The van der Waals surface area contributed by atoms with Crippen LogP contribution in [-0.4, -0.2) is 103 Å². The van der Waals surface area contributed by atoms with Crippen molar-refractivity contribution in [1.82, 2.24) is 31.1 Å². The van der Waals surface area contributed by atoms with Gasteiger partial charge in [-0.3, -0.25) is 33.6 Å². The molecule has 0 aliphatic carbocycles. The van der Waals surface area contributed by atoms with Crippen LogP contribution in [0.3, 0.4) is 0 Å². The van der Waals surface area contributed by atoms with E-state index in [-0.39, 0.29) is 32.1 Å². The lowest BCUT2D eigenvalue weighted by Gasteiger charge is -2.32. The Kier molecular flexibility index (Phi) is 14.0. The quantitative estimate of drug-likeness (QED) is 0.203. The maximum absolute atomic E-state index is 14.2. The average Bonchev–Trinajstić information content (AvgIpc) is 3.15. The van der Waals surface area contributed by atoms with E-state index >= 15 is 0 Å². The zero-order valence-corrected chi connectivity index (χ0v) is 29.2. The second-order valence-electron chi connectivity index (χ2n) is 12.7. The molecule has 52 heavy (non-hydrogen) atoms. The van der Waals surface area contributed by atoms with Gasteiger partial charge in [0.15, 0.2) is 0 Å². The number of rotatable bonds is 9. The van der Waals surface area contributed by atoms with Crippen molar-refractivity contribution < 1.29 is 33.6 Å². The van der Waals surface area contributed by atoms with Gasteiger partial charge in [0.1, 0.15) is 24.2 Å². The second-order valence-corrected chi connectivity index (χ2v) is 12.7. The fourth-order valence-corrected chi connectivity index (χ4v) is 5.94. The van der Waals surface area contributed by atoms with Crippen LogP contribution < -0.4 is 27.0 Å². The SMILES string of the molecule is CN1C(=O)[C@H](CCC(N)=O)NC(=O)CNC(=O)[C@H](Cc2ccccc2)N(C)C(=O)[C@H](Cc2ccccc2)NC(=O)CNC(=O)[C@@H]1Cc1ccccc1. The van der Waals surface area contributed by atoms with Gasteiger partial charge in [-0.2, -0.15) is 0 Å². The van der Waals surface area contributed by atoms with Crippen LogP contribution in [0.5, 0.6) is 0 Å². The highest BCUT2D eigenvalue weighted by Crippen LogP contribution is 2.15. The van der Waals surface area contributed by atoms with Crippen LogP contribution in [0, 0.1) is 0 Å². The first-order valence-corrected chi connectivity index (χ1v) is 17.0. The highest BCUT2D eigenvalue weighted by Gasteiger charge is 2.35. The first-order chi connectivity index (χ1) is 24.9. The van der Waals surface area contributed by atoms with Gasteiger partial charge in [0, 0.05) is 39.8 Å². The van der Waals surface area contributed by atoms with Gasteiger partial charge in [-0.1, -0.05) is 91.0 Å². The van der Waals surface area contributed by atoms with Crippen LogP contribution in [0.1, 0.15) is 29.5 Å². The molecule has 3 aromatic rings. The Bertz CT molecular complexity index is 1720. The van der Waals surface area contributed by atoms with E-state index in [1.165, 1.54) is 19.0 Å². The Morgan fingerprint density at radius 3 is 1.37 bits per heavy atom. The van der Waals surface area contributed by atoms with Gasteiger partial charge in [0.2, 0.25) is 41.4 Å². The van der Waals surface area contributed by atoms with E-state index in [2.05, 4.69) is 21.3 Å². The molecule has 0 aromatic heterocycles. The molecule has 6 N–H and O–H groups in total. The van der Waals surface area contributed by atoms with E-state index in [9.17, 15) is 33.6 Å². The number of likely N-dealkylation sites (N-methyl/N-ethyl adjacent to an activating group) is 2. The number of primary amides is 1. The number of carbonyl (C=O) groups excluding carboxylic acids is 7. The van der Waals surface area contributed by atoms with Gasteiger partial charge in [0.25, 0.3) is 0 Å². The molecule has 1 fully saturated rings. The molecule has 274 valence electrons. The summed E-state index contributed by atoms with van der Waals surface area (Å²) in [6.45, 7) is -1.08. The molecule has 4 atom stereocenters. The van der Waals surface area contributed by atoms with E-state index in [1.807, 2.05) is 12.1 Å². The molecule has 1 heterocycles. The van der Waals surface area contributed by atoms with E-state index in [0.29, 0.717) is 0 Å². The van der Waals surface area contributed by atoms with Crippen molar-refractivity contribution in [2.24, 2.45) is 5.73 Å². The minimum absolute atomic E-state index is 0.0613. The maximum Gasteiger partial charge on any atom is 0.245 e. The molecule has 0 spiro atoms. The smallest absolute Gasteiger partial charge is 0.245 e. The van der Waals surface area contributed by atoms with Gasteiger partial charge in [-0.15, -0.1) is 0 Å². The number of amides is 7. The van der Waals surface area contributed by atoms with Crippen molar-refractivity contribution in [3.63, 3.8) is 0 Å². The van der Waals surface area contributed by atoms with Crippen LogP contribution in [0.4, 0.5) is 0 Å². The predicted molar refractivity (Wildman–Crippen MR) is 192 cm³/mol. The molecule has 1 saturated heterocycles. The van der Waals surface area contributed by atoms with Gasteiger partial charge in [0.05, 0.1) is 13.1 Å². The number of nitrogens with one attached hydrogen (secondary N) is 4. The Hall–Kier alpha value is -6.05. The summed E-state index contributed by atoms with van der Waals surface area (Å²) in [6.07, 6.45) is -0.177.